The second-order valence-electron chi connectivity index (χ2n) is 4.59. The summed E-state index contributed by atoms with van der Waals surface area (Å²) in [4.78, 5) is 4.29. The third-order valence-corrected chi connectivity index (χ3v) is 2.64. The number of rotatable bonds is 5. The molecule has 0 aliphatic heterocycles. The molecule has 5 heteroatoms. The predicted octanol–water partition coefficient (Wildman–Crippen LogP) is 1.55. The molecule has 5 nitrogen and oxygen atoms in total. The Labute approximate surface area is 100 Å². The zero-order valence-electron chi connectivity index (χ0n) is 10.2. The summed E-state index contributed by atoms with van der Waals surface area (Å²) in [6.07, 6.45) is 6.15. The fourth-order valence-electron chi connectivity index (χ4n) is 1.91. The van der Waals surface area contributed by atoms with Crippen molar-refractivity contribution >= 4 is 11.3 Å². The maximum absolute atomic E-state index is 9.35. The lowest BCUT2D eigenvalue weighted by molar-refractivity contribution is 0.259. The Balaban J connectivity index is 2.19. The molecule has 2 aromatic rings. The number of nitrogens with zero attached hydrogens (tertiary/aromatic N) is 3. The number of nitrogens with one attached hydrogen (secondary N) is 1. The summed E-state index contributed by atoms with van der Waals surface area (Å²) in [6, 6.07) is 1.93. The van der Waals surface area contributed by atoms with Crippen molar-refractivity contribution in [3.63, 3.8) is 0 Å². The minimum atomic E-state index is 0.0311. The van der Waals surface area contributed by atoms with Gasteiger partial charge in [-0.3, -0.25) is 0 Å². The van der Waals surface area contributed by atoms with E-state index in [2.05, 4.69) is 29.2 Å². The summed E-state index contributed by atoms with van der Waals surface area (Å²) in [5.41, 5.74) is 0.926. The highest BCUT2D eigenvalue weighted by atomic mass is 16.3. The van der Waals surface area contributed by atoms with E-state index in [1.54, 1.807) is 23.1 Å². The fourth-order valence-corrected chi connectivity index (χ4v) is 1.91. The second-order valence-corrected chi connectivity index (χ2v) is 4.59. The summed E-state index contributed by atoms with van der Waals surface area (Å²) in [5.74, 6) is 1.30. The Bertz CT molecular complexity index is 480. The summed E-state index contributed by atoms with van der Waals surface area (Å²) in [6.45, 7) is 4.38. The molecule has 17 heavy (non-hydrogen) atoms. The van der Waals surface area contributed by atoms with Gasteiger partial charge in [0.05, 0.1) is 18.8 Å². The van der Waals surface area contributed by atoms with Crippen LogP contribution >= 0.6 is 0 Å². The van der Waals surface area contributed by atoms with Crippen LogP contribution in [0.25, 0.3) is 5.52 Å². The van der Waals surface area contributed by atoms with Crippen molar-refractivity contribution in [2.45, 2.75) is 26.3 Å². The summed E-state index contributed by atoms with van der Waals surface area (Å²) < 4.78 is 1.76. The van der Waals surface area contributed by atoms with E-state index in [0.717, 1.165) is 17.8 Å². The molecule has 2 aromatic heterocycles. The lowest BCUT2D eigenvalue weighted by Gasteiger charge is -2.19. The van der Waals surface area contributed by atoms with Gasteiger partial charge in [-0.1, -0.05) is 13.8 Å². The molecule has 0 aliphatic carbocycles. The number of anilines is 1. The van der Waals surface area contributed by atoms with Crippen molar-refractivity contribution in [2.24, 2.45) is 5.92 Å². The second kappa shape index (κ2) is 5.14. The lowest BCUT2D eigenvalue weighted by atomic mass is 10.0. The van der Waals surface area contributed by atoms with Crippen LogP contribution in [0, 0.1) is 5.92 Å². The zero-order chi connectivity index (χ0) is 12.3. The number of aromatic nitrogens is 3. The van der Waals surface area contributed by atoms with Gasteiger partial charge in [-0.05, 0) is 18.4 Å². The minimum absolute atomic E-state index is 0.0311. The molecule has 2 N–H and O–H groups in total. The fraction of sp³-hybridized carbons (Fsp3) is 0.500. The molecular weight excluding hydrogens is 216 g/mol. The molecule has 0 saturated carbocycles. The van der Waals surface area contributed by atoms with Gasteiger partial charge in [0, 0.05) is 12.4 Å². The maximum Gasteiger partial charge on any atom is 0.152 e. The van der Waals surface area contributed by atoms with Crippen LogP contribution in [0.4, 0.5) is 5.82 Å². The van der Waals surface area contributed by atoms with E-state index in [1.807, 2.05) is 6.07 Å². The molecule has 0 aliphatic rings. The highest BCUT2D eigenvalue weighted by Crippen LogP contribution is 2.16. The van der Waals surface area contributed by atoms with E-state index in [4.69, 9.17) is 0 Å². The standard InChI is InChI=1S/C12H18N4O/c1-9(2)7-10(8-17)15-12-11-3-4-14-16(11)6-5-13-12/h3-6,9-10,17H,7-8H2,1-2H3,(H,13,15). The van der Waals surface area contributed by atoms with Gasteiger partial charge in [0.15, 0.2) is 5.82 Å². The Morgan fingerprint density at radius 2 is 2.24 bits per heavy atom. The van der Waals surface area contributed by atoms with Crippen LogP contribution < -0.4 is 5.32 Å². The molecule has 0 aromatic carbocycles. The summed E-state index contributed by atoms with van der Waals surface area (Å²) >= 11 is 0. The minimum Gasteiger partial charge on any atom is -0.394 e. The first-order valence-electron chi connectivity index (χ1n) is 5.86. The van der Waals surface area contributed by atoms with Crippen molar-refractivity contribution in [1.82, 2.24) is 14.6 Å². The van der Waals surface area contributed by atoms with Gasteiger partial charge < -0.3 is 10.4 Å². The average Bonchev–Trinajstić information content (AvgIpc) is 2.76. The number of fused-ring (bicyclic) bond motifs is 1. The van der Waals surface area contributed by atoms with Crippen LogP contribution in [0.3, 0.4) is 0 Å². The first kappa shape index (κ1) is 11.9. The topological polar surface area (TPSA) is 62.5 Å². The van der Waals surface area contributed by atoms with Crippen molar-refractivity contribution in [2.75, 3.05) is 11.9 Å². The Morgan fingerprint density at radius 3 is 2.94 bits per heavy atom. The van der Waals surface area contributed by atoms with Crippen molar-refractivity contribution < 1.29 is 5.11 Å². The molecule has 1 unspecified atom stereocenters. The van der Waals surface area contributed by atoms with Crippen LogP contribution in [-0.4, -0.2) is 32.4 Å². The van der Waals surface area contributed by atoms with Crippen LogP contribution in [-0.2, 0) is 0 Å². The van der Waals surface area contributed by atoms with E-state index in [1.165, 1.54) is 0 Å². The van der Waals surface area contributed by atoms with Crippen molar-refractivity contribution in [1.29, 1.82) is 0 Å². The monoisotopic (exact) mass is 234 g/mol. The molecule has 0 bridgehead atoms. The highest BCUT2D eigenvalue weighted by molar-refractivity contribution is 5.67. The van der Waals surface area contributed by atoms with Crippen molar-refractivity contribution in [3.8, 4) is 0 Å². The van der Waals surface area contributed by atoms with E-state index < -0.39 is 0 Å². The van der Waals surface area contributed by atoms with E-state index >= 15 is 0 Å². The van der Waals surface area contributed by atoms with Crippen molar-refractivity contribution in [3.05, 3.63) is 24.7 Å². The van der Waals surface area contributed by atoms with Gasteiger partial charge >= 0.3 is 0 Å². The Kier molecular flexibility index (Phi) is 3.58. The largest absolute Gasteiger partial charge is 0.394 e. The number of hydrogen-bond acceptors (Lipinski definition) is 4. The SMILES string of the molecule is CC(C)CC(CO)Nc1nccn2nccc12. The molecule has 0 radical (unpaired) electrons. The van der Waals surface area contributed by atoms with Gasteiger partial charge in [0.2, 0.25) is 0 Å². The quantitative estimate of drug-likeness (QED) is 0.824. The van der Waals surface area contributed by atoms with Crippen LogP contribution in [0.5, 0.6) is 0 Å². The molecule has 0 fully saturated rings. The molecular formula is C12H18N4O. The number of aliphatic hydroxyl groups excluding tert-OH is 1. The number of hydrogen-bond donors (Lipinski definition) is 2. The lowest BCUT2D eigenvalue weighted by Crippen LogP contribution is -2.26. The van der Waals surface area contributed by atoms with Crippen LogP contribution in [0.2, 0.25) is 0 Å². The molecule has 2 heterocycles. The highest BCUT2D eigenvalue weighted by Gasteiger charge is 2.12. The summed E-state index contributed by atoms with van der Waals surface area (Å²) in [7, 11) is 0. The van der Waals surface area contributed by atoms with Gasteiger partial charge in [0.1, 0.15) is 5.52 Å². The van der Waals surface area contributed by atoms with Gasteiger partial charge in [-0.15, -0.1) is 0 Å². The molecule has 1 atom stereocenters. The summed E-state index contributed by atoms with van der Waals surface area (Å²) in [5, 5.41) is 16.8. The zero-order valence-corrected chi connectivity index (χ0v) is 10.2. The van der Waals surface area contributed by atoms with E-state index in [0.29, 0.717) is 5.92 Å². The third-order valence-electron chi connectivity index (χ3n) is 2.64. The average molecular weight is 234 g/mol. The van der Waals surface area contributed by atoms with Crippen LogP contribution in [0.15, 0.2) is 24.7 Å². The molecule has 0 saturated heterocycles. The Hall–Kier alpha value is -1.62. The first-order chi connectivity index (χ1) is 8.20. The van der Waals surface area contributed by atoms with Gasteiger partial charge in [-0.2, -0.15) is 5.10 Å². The maximum atomic E-state index is 9.35. The Morgan fingerprint density at radius 1 is 1.41 bits per heavy atom. The van der Waals surface area contributed by atoms with E-state index in [9.17, 15) is 5.11 Å². The molecule has 0 amide bonds. The molecule has 92 valence electrons. The molecule has 2 rings (SSSR count). The molecule has 0 spiro atoms. The van der Waals surface area contributed by atoms with Gasteiger partial charge in [-0.25, -0.2) is 9.50 Å². The smallest absolute Gasteiger partial charge is 0.152 e. The van der Waals surface area contributed by atoms with E-state index in [-0.39, 0.29) is 12.6 Å². The third kappa shape index (κ3) is 2.74. The number of aliphatic hydroxyl groups is 1. The predicted molar refractivity (Wildman–Crippen MR) is 66.9 cm³/mol. The normalized spacial score (nSPS) is 13.2. The van der Waals surface area contributed by atoms with Crippen LogP contribution in [0.1, 0.15) is 20.3 Å². The van der Waals surface area contributed by atoms with Gasteiger partial charge in [0.25, 0.3) is 0 Å². The first-order valence-corrected chi connectivity index (χ1v) is 5.86.